The van der Waals surface area contributed by atoms with Gasteiger partial charge in [-0.25, -0.2) is 4.79 Å². The lowest BCUT2D eigenvalue weighted by molar-refractivity contribution is 0.222. The normalized spacial score (nSPS) is 16.0. The number of hydrogen-bond acceptors (Lipinski definition) is 4. The molecule has 0 radical (unpaired) electrons. The molecule has 6 heteroatoms. The number of nitrogens with one attached hydrogen (secondary N) is 1. The van der Waals surface area contributed by atoms with Crippen molar-refractivity contribution in [3.63, 3.8) is 0 Å². The summed E-state index contributed by atoms with van der Waals surface area (Å²) in [5.41, 5.74) is 3.63. The van der Waals surface area contributed by atoms with Gasteiger partial charge in [0.05, 0.1) is 0 Å². The second kappa shape index (κ2) is 6.26. The van der Waals surface area contributed by atoms with Crippen LogP contribution in [0.15, 0.2) is 22.7 Å². The monoisotopic (exact) mass is 326 g/mol. The predicted octanol–water partition coefficient (Wildman–Crippen LogP) is 3.14. The zero-order valence-corrected chi connectivity index (χ0v) is 13.9. The first-order valence-electron chi connectivity index (χ1n) is 8.65. The molecule has 1 fully saturated rings. The maximum Gasteiger partial charge on any atom is 0.321 e. The highest BCUT2D eigenvalue weighted by Crippen LogP contribution is 2.38. The molecule has 126 valence electrons. The van der Waals surface area contributed by atoms with Gasteiger partial charge in [-0.2, -0.15) is 4.98 Å². The van der Waals surface area contributed by atoms with E-state index in [2.05, 4.69) is 27.6 Å². The number of rotatable bonds is 5. The SMILES string of the molecule is CN(CCc1noc(C2CC2)n1)C(=O)Nc1ccc2c(c1)CCC2. The Kier molecular flexibility index (Phi) is 3.96. The van der Waals surface area contributed by atoms with Crippen molar-refractivity contribution in [1.29, 1.82) is 0 Å². The predicted molar refractivity (Wildman–Crippen MR) is 90.1 cm³/mol. The van der Waals surface area contributed by atoms with Crippen LogP contribution in [0.3, 0.4) is 0 Å². The Bertz CT molecular complexity index is 751. The van der Waals surface area contributed by atoms with Crippen LogP contribution >= 0.6 is 0 Å². The van der Waals surface area contributed by atoms with E-state index in [4.69, 9.17) is 4.52 Å². The molecule has 2 aliphatic carbocycles. The van der Waals surface area contributed by atoms with E-state index in [1.54, 1.807) is 11.9 Å². The molecule has 2 amide bonds. The molecule has 1 aromatic heterocycles. The summed E-state index contributed by atoms with van der Waals surface area (Å²) in [6, 6.07) is 6.09. The molecule has 4 rings (SSSR count). The number of aryl methyl sites for hydroxylation is 2. The minimum Gasteiger partial charge on any atom is -0.339 e. The number of carbonyl (C=O) groups is 1. The third-order valence-corrected chi connectivity index (χ3v) is 4.78. The van der Waals surface area contributed by atoms with Gasteiger partial charge in [0.2, 0.25) is 5.89 Å². The average Bonchev–Trinajstić information content (AvgIpc) is 3.15. The molecule has 1 aromatic carbocycles. The molecule has 24 heavy (non-hydrogen) atoms. The highest BCUT2D eigenvalue weighted by Gasteiger charge is 2.29. The summed E-state index contributed by atoms with van der Waals surface area (Å²) >= 11 is 0. The van der Waals surface area contributed by atoms with E-state index in [1.165, 1.54) is 17.5 Å². The fourth-order valence-electron chi connectivity index (χ4n) is 3.10. The molecule has 2 aliphatic rings. The number of hydrogen-bond donors (Lipinski definition) is 1. The third kappa shape index (κ3) is 3.27. The molecule has 0 aliphatic heterocycles. The van der Waals surface area contributed by atoms with Crippen LogP contribution in [0.1, 0.15) is 48.0 Å². The number of urea groups is 1. The maximum atomic E-state index is 12.3. The third-order valence-electron chi connectivity index (χ3n) is 4.78. The summed E-state index contributed by atoms with van der Waals surface area (Å²) in [6.07, 6.45) is 6.35. The Hall–Kier alpha value is -2.37. The minimum absolute atomic E-state index is 0.112. The van der Waals surface area contributed by atoms with Gasteiger partial charge < -0.3 is 14.7 Å². The van der Waals surface area contributed by atoms with Crippen LogP contribution in [0.4, 0.5) is 10.5 Å². The fraction of sp³-hybridized carbons (Fsp3) is 0.500. The zero-order chi connectivity index (χ0) is 16.5. The molecule has 1 N–H and O–H groups in total. The molecule has 0 saturated heterocycles. The lowest BCUT2D eigenvalue weighted by Gasteiger charge is -2.17. The van der Waals surface area contributed by atoms with Crippen LogP contribution in [0.2, 0.25) is 0 Å². The van der Waals surface area contributed by atoms with Crippen molar-refractivity contribution < 1.29 is 9.32 Å². The van der Waals surface area contributed by atoms with Gasteiger partial charge in [-0.3, -0.25) is 0 Å². The Balaban J connectivity index is 1.30. The number of anilines is 1. The van der Waals surface area contributed by atoms with Crippen molar-refractivity contribution in [2.24, 2.45) is 0 Å². The summed E-state index contributed by atoms with van der Waals surface area (Å²) in [7, 11) is 1.78. The van der Waals surface area contributed by atoms with E-state index in [9.17, 15) is 4.79 Å². The maximum absolute atomic E-state index is 12.3. The minimum atomic E-state index is -0.112. The van der Waals surface area contributed by atoms with E-state index in [1.807, 2.05) is 6.07 Å². The number of aromatic nitrogens is 2. The van der Waals surface area contributed by atoms with Gasteiger partial charge in [-0.05, 0) is 55.4 Å². The van der Waals surface area contributed by atoms with E-state index < -0.39 is 0 Å². The molecule has 2 aromatic rings. The number of carbonyl (C=O) groups excluding carboxylic acids is 1. The summed E-state index contributed by atoms with van der Waals surface area (Å²) in [5, 5.41) is 6.95. The van der Waals surface area contributed by atoms with Crippen molar-refractivity contribution in [2.45, 2.75) is 44.4 Å². The van der Waals surface area contributed by atoms with Crippen LogP contribution in [-0.2, 0) is 19.3 Å². The van der Waals surface area contributed by atoms with Crippen molar-refractivity contribution in [2.75, 3.05) is 18.9 Å². The van der Waals surface area contributed by atoms with E-state index in [0.717, 1.165) is 37.3 Å². The summed E-state index contributed by atoms with van der Waals surface area (Å²) < 4.78 is 5.24. The Morgan fingerprint density at radius 1 is 1.33 bits per heavy atom. The largest absolute Gasteiger partial charge is 0.339 e. The van der Waals surface area contributed by atoms with Crippen LogP contribution < -0.4 is 5.32 Å². The number of benzene rings is 1. The lowest BCUT2D eigenvalue weighted by atomic mass is 10.1. The van der Waals surface area contributed by atoms with Crippen molar-refractivity contribution >= 4 is 11.7 Å². The number of amides is 2. The molecular formula is C18H22N4O2. The fourth-order valence-corrected chi connectivity index (χ4v) is 3.10. The Morgan fingerprint density at radius 2 is 2.17 bits per heavy atom. The van der Waals surface area contributed by atoms with Gasteiger partial charge in [0.1, 0.15) is 0 Å². The first kappa shape index (κ1) is 15.2. The van der Waals surface area contributed by atoms with Crippen LogP contribution in [0.5, 0.6) is 0 Å². The molecule has 0 spiro atoms. The average molecular weight is 326 g/mol. The van der Waals surface area contributed by atoms with Crippen LogP contribution in [-0.4, -0.2) is 34.7 Å². The molecule has 0 bridgehead atoms. The van der Waals surface area contributed by atoms with Gasteiger partial charge in [-0.1, -0.05) is 11.2 Å². The van der Waals surface area contributed by atoms with Gasteiger partial charge in [0.15, 0.2) is 5.82 Å². The summed E-state index contributed by atoms with van der Waals surface area (Å²) in [4.78, 5) is 18.4. The quantitative estimate of drug-likeness (QED) is 0.916. The van der Waals surface area contributed by atoms with E-state index in [-0.39, 0.29) is 6.03 Å². The Labute approximate surface area is 141 Å². The second-order valence-corrected chi connectivity index (χ2v) is 6.76. The van der Waals surface area contributed by atoms with Crippen molar-refractivity contribution in [3.8, 4) is 0 Å². The van der Waals surface area contributed by atoms with Crippen LogP contribution in [0.25, 0.3) is 0 Å². The topological polar surface area (TPSA) is 71.3 Å². The highest BCUT2D eigenvalue weighted by molar-refractivity contribution is 5.89. The van der Waals surface area contributed by atoms with Crippen molar-refractivity contribution in [3.05, 3.63) is 41.0 Å². The summed E-state index contributed by atoms with van der Waals surface area (Å²) in [6.45, 7) is 0.556. The molecule has 1 heterocycles. The van der Waals surface area contributed by atoms with Gasteiger partial charge in [0.25, 0.3) is 0 Å². The molecule has 0 atom stereocenters. The first-order chi connectivity index (χ1) is 11.7. The van der Waals surface area contributed by atoms with Gasteiger partial charge in [0, 0.05) is 31.6 Å². The van der Waals surface area contributed by atoms with E-state index >= 15 is 0 Å². The number of nitrogens with zero attached hydrogens (tertiary/aromatic N) is 3. The van der Waals surface area contributed by atoms with E-state index in [0.29, 0.717) is 24.7 Å². The van der Waals surface area contributed by atoms with Gasteiger partial charge in [-0.15, -0.1) is 0 Å². The highest BCUT2D eigenvalue weighted by atomic mass is 16.5. The molecule has 0 unspecified atom stereocenters. The zero-order valence-electron chi connectivity index (χ0n) is 13.9. The van der Waals surface area contributed by atoms with Crippen molar-refractivity contribution in [1.82, 2.24) is 15.0 Å². The molecular weight excluding hydrogens is 304 g/mol. The van der Waals surface area contributed by atoms with Crippen LogP contribution in [0, 0.1) is 0 Å². The standard InChI is InChI=1S/C18H22N4O2/c1-22(10-9-16-20-17(24-21-16)13-5-6-13)18(23)19-15-8-7-12-3-2-4-14(12)11-15/h7-8,11,13H,2-6,9-10H2,1H3,(H,19,23). The van der Waals surface area contributed by atoms with Gasteiger partial charge >= 0.3 is 6.03 Å². The Morgan fingerprint density at radius 3 is 3.00 bits per heavy atom. The second-order valence-electron chi connectivity index (χ2n) is 6.76. The molecule has 6 nitrogen and oxygen atoms in total. The lowest BCUT2D eigenvalue weighted by Crippen LogP contribution is -2.33. The molecule has 1 saturated carbocycles. The first-order valence-corrected chi connectivity index (χ1v) is 8.65. The number of fused-ring (bicyclic) bond motifs is 1. The number of likely N-dealkylation sites (N-methyl/N-ethyl adjacent to an activating group) is 1. The smallest absolute Gasteiger partial charge is 0.321 e. The summed E-state index contributed by atoms with van der Waals surface area (Å²) in [5.74, 6) is 1.89.